The average Bonchev–Trinajstić information content (AvgIpc) is 2.97. The molecule has 9 nitrogen and oxygen atoms in total. The van der Waals surface area contributed by atoms with Gasteiger partial charge in [0.05, 0.1) is 6.61 Å². The van der Waals surface area contributed by atoms with E-state index < -0.39 is 54.2 Å². The van der Waals surface area contributed by atoms with Crippen LogP contribution in [0.25, 0.3) is 0 Å². The van der Waals surface area contributed by atoms with E-state index in [0.29, 0.717) is 0 Å². The second kappa shape index (κ2) is 13.5. The van der Waals surface area contributed by atoms with Crippen molar-refractivity contribution < 1.29 is 42.8 Å². The van der Waals surface area contributed by atoms with Gasteiger partial charge < -0.3 is 28.4 Å². The number of benzene rings is 3. The number of hydrogen-bond donors (Lipinski definition) is 0. The Morgan fingerprint density at radius 2 is 1.02 bits per heavy atom. The van der Waals surface area contributed by atoms with Crippen LogP contribution in [0.3, 0.4) is 0 Å². The first-order valence-corrected chi connectivity index (χ1v) is 13.3. The maximum absolute atomic E-state index is 12.2. The molecule has 0 bridgehead atoms. The van der Waals surface area contributed by atoms with Gasteiger partial charge in [-0.2, -0.15) is 0 Å². The molecule has 216 valence electrons. The van der Waals surface area contributed by atoms with Crippen LogP contribution in [0.15, 0.2) is 91.0 Å². The molecule has 0 N–H and O–H groups in total. The molecule has 1 saturated heterocycles. The number of esters is 3. The lowest BCUT2D eigenvalue weighted by Gasteiger charge is -2.45. The molecule has 1 aliphatic heterocycles. The highest BCUT2D eigenvalue weighted by Gasteiger charge is 2.53. The van der Waals surface area contributed by atoms with E-state index in [0.717, 1.165) is 16.7 Å². The highest BCUT2D eigenvalue weighted by atomic mass is 16.7. The summed E-state index contributed by atoms with van der Waals surface area (Å²) < 4.78 is 35.2. The molecule has 1 fully saturated rings. The molecule has 5 atom stereocenters. The van der Waals surface area contributed by atoms with Crippen molar-refractivity contribution >= 4 is 17.9 Å². The Labute approximate surface area is 239 Å². The number of ether oxygens (including phenoxy) is 6. The van der Waals surface area contributed by atoms with Crippen LogP contribution in [0.1, 0.15) is 37.5 Å². The van der Waals surface area contributed by atoms with Gasteiger partial charge in [0.25, 0.3) is 0 Å². The minimum absolute atomic E-state index is 0.124. The predicted octanol–water partition coefficient (Wildman–Crippen LogP) is 4.16. The quantitative estimate of drug-likeness (QED) is 0.205. The van der Waals surface area contributed by atoms with E-state index in [-0.39, 0.29) is 6.61 Å². The van der Waals surface area contributed by atoms with Gasteiger partial charge in [-0.1, -0.05) is 91.0 Å². The van der Waals surface area contributed by atoms with Gasteiger partial charge in [0, 0.05) is 27.9 Å². The topological polar surface area (TPSA) is 107 Å². The van der Waals surface area contributed by atoms with Crippen LogP contribution in [0.4, 0.5) is 0 Å². The van der Waals surface area contributed by atoms with Crippen LogP contribution in [0, 0.1) is 0 Å². The summed E-state index contributed by atoms with van der Waals surface area (Å²) in [6.45, 7) is 3.53. The van der Waals surface area contributed by atoms with Gasteiger partial charge in [-0.25, -0.2) is 0 Å². The van der Waals surface area contributed by atoms with Crippen molar-refractivity contribution in [2.45, 2.75) is 57.1 Å². The molecular formula is C32H34O9. The fourth-order valence-corrected chi connectivity index (χ4v) is 5.15. The summed E-state index contributed by atoms with van der Waals surface area (Å²) >= 11 is 0. The summed E-state index contributed by atoms with van der Waals surface area (Å²) in [5.74, 6) is -1.95. The van der Waals surface area contributed by atoms with Gasteiger partial charge in [-0.15, -0.1) is 0 Å². The smallest absolute Gasteiger partial charge is 0.303 e. The normalized spacial score (nSPS) is 22.4. The van der Waals surface area contributed by atoms with Gasteiger partial charge in [0.1, 0.15) is 11.7 Å². The molecule has 4 rings (SSSR count). The molecule has 3 aromatic carbocycles. The lowest BCUT2D eigenvalue weighted by Crippen LogP contribution is -2.63. The van der Waals surface area contributed by atoms with E-state index in [9.17, 15) is 14.4 Å². The number of rotatable bonds is 10. The Kier molecular flexibility index (Phi) is 9.88. The lowest BCUT2D eigenvalue weighted by molar-refractivity contribution is -0.306. The summed E-state index contributed by atoms with van der Waals surface area (Å²) in [6, 6.07) is 29.2. The Morgan fingerprint density at radius 3 is 1.41 bits per heavy atom. The van der Waals surface area contributed by atoms with Crippen molar-refractivity contribution in [2.24, 2.45) is 0 Å². The summed E-state index contributed by atoms with van der Waals surface area (Å²) in [5, 5.41) is 0. The Hall–Kier alpha value is -4.05. The minimum Gasteiger partial charge on any atom is -0.456 e. The van der Waals surface area contributed by atoms with Crippen molar-refractivity contribution in [1.29, 1.82) is 0 Å². The Morgan fingerprint density at radius 1 is 0.634 bits per heavy atom. The number of carbonyl (C=O) groups excluding carboxylic acids is 3. The van der Waals surface area contributed by atoms with Crippen molar-refractivity contribution in [3.8, 4) is 0 Å². The second-order valence-corrected chi connectivity index (χ2v) is 9.59. The first kappa shape index (κ1) is 29.9. The molecule has 3 aromatic rings. The van der Waals surface area contributed by atoms with E-state index >= 15 is 0 Å². The van der Waals surface area contributed by atoms with Gasteiger partial charge in [0.15, 0.2) is 24.6 Å². The lowest BCUT2D eigenvalue weighted by atomic mass is 9.80. The zero-order valence-corrected chi connectivity index (χ0v) is 23.4. The van der Waals surface area contributed by atoms with Crippen molar-refractivity contribution in [3.05, 3.63) is 108 Å². The Bertz CT molecular complexity index is 1200. The molecule has 9 heteroatoms. The monoisotopic (exact) mass is 562 g/mol. The van der Waals surface area contributed by atoms with Gasteiger partial charge in [-0.05, 0) is 16.7 Å². The first-order valence-electron chi connectivity index (χ1n) is 13.3. The van der Waals surface area contributed by atoms with Crippen molar-refractivity contribution in [2.75, 3.05) is 13.7 Å². The molecule has 0 amide bonds. The summed E-state index contributed by atoms with van der Waals surface area (Å²) in [7, 11) is 1.37. The van der Waals surface area contributed by atoms with Crippen molar-refractivity contribution in [3.63, 3.8) is 0 Å². The number of carbonyl (C=O) groups is 3. The fourth-order valence-electron chi connectivity index (χ4n) is 5.15. The molecule has 0 aliphatic carbocycles. The predicted molar refractivity (Wildman–Crippen MR) is 147 cm³/mol. The minimum atomic E-state index is -1.22. The SMILES string of the molecule is CO[C@H]1OC(COC(c2ccccc2)(c2ccccc2)c2ccccc2)[C@@H](OC(C)=O)C(OC(C)=O)C1OC(C)=O. The van der Waals surface area contributed by atoms with E-state index in [4.69, 9.17) is 28.4 Å². The van der Waals surface area contributed by atoms with Crippen molar-refractivity contribution in [1.82, 2.24) is 0 Å². The zero-order valence-electron chi connectivity index (χ0n) is 23.4. The van der Waals surface area contributed by atoms with E-state index in [2.05, 4.69) is 0 Å². The summed E-state index contributed by atoms with van der Waals surface area (Å²) in [5.41, 5.74) is 1.47. The van der Waals surface area contributed by atoms with Gasteiger partial charge in [0.2, 0.25) is 0 Å². The molecule has 0 spiro atoms. The molecule has 3 unspecified atom stereocenters. The largest absolute Gasteiger partial charge is 0.456 e. The molecule has 41 heavy (non-hydrogen) atoms. The van der Waals surface area contributed by atoms with Crippen LogP contribution in [-0.4, -0.2) is 62.3 Å². The standard InChI is InChI=1S/C32H34O9/c1-21(33)38-28-27(41-31(36-4)30(40-23(3)35)29(28)39-22(2)34)20-37-32(24-14-8-5-9-15-24,25-16-10-6-11-17-25)26-18-12-7-13-19-26/h5-19,27-31H,20H2,1-4H3/t27?,28-,29?,30?,31+/m1/s1. The molecule has 0 radical (unpaired) electrons. The molecule has 0 saturated carbocycles. The van der Waals surface area contributed by atoms with E-state index in [1.807, 2.05) is 91.0 Å². The Balaban J connectivity index is 1.80. The van der Waals surface area contributed by atoms with Gasteiger partial charge in [-0.3, -0.25) is 14.4 Å². The maximum Gasteiger partial charge on any atom is 0.303 e. The summed E-state index contributed by atoms with van der Waals surface area (Å²) in [4.78, 5) is 36.3. The number of methoxy groups -OCH3 is 1. The van der Waals surface area contributed by atoms with E-state index in [1.54, 1.807) is 0 Å². The highest BCUT2D eigenvalue weighted by molar-refractivity contribution is 5.68. The second-order valence-electron chi connectivity index (χ2n) is 9.59. The average molecular weight is 563 g/mol. The van der Waals surface area contributed by atoms with E-state index in [1.165, 1.54) is 27.9 Å². The summed E-state index contributed by atoms with van der Waals surface area (Å²) in [6.07, 6.45) is -5.69. The molecule has 0 aromatic heterocycles. The van der Waals surface area contributed by atoms with Crippen LogP contribution in [0.2, 0.25) is 0 Å². The highest BCUT2D eigenvalue weighted by Crippen LogP contribution is 2.41. The molecule has 1 heterocycles. The molecule has 1 aliphatic rings. The maximum atomic E-state index is 12.2. The fraction of sp³-hybridized carbons (Fsp3) is 0.344. The van der Waals surface area contributed by atoms with Crippen LogP contribution < -0.4 is 0 Å². The van der Waals surface area contributed by atoms with Crippen LogP contribution in [0.5, 0.6) is 0 Å². The van der Waals surface area contributed by atoms with Crippen LogP contribution >= 0.6 is 0 Å². The third kappa shape index (κ3) is 6.82. The third-order valence-electron chi connectivity index (χ3n) is 6.73. The third-order valence-corrected chi connectivity index (χ3v) is 6.73. The number of hydrogen-bond acceptors (Lipinski definition) is 9. The first-order chi connectivity index (χ1) is 19.8. The van der Waals surface area contributed by atoms with Gasteiger partial charge >= 0.3 is 17.9 Å². The van der Waals surface area contributed by atoms with Crippen LogP contribution in [-0.2, 0) is 48.4 Å². The zero-order chi connectivity index (χ0) is 29.4. The molecular weight excluding hydrogens is 528 g/mol.